The number of thioether (sulfide) groups is 1. The number of rotatable bonds is 9. The van der Waals surface area contributed by atoms with E-state index in [-0.39, 0.29) is 11.8 Å². The van der Waals surface area contributed by atoms with Crippen molar-refractivity contribution in [2.45, 2.75) is 26.0 Å². The molecule has 0 unspecified atom stereocenters. The Morgan fingerprint density at radius 3 is 2.52 bits per heavy atom. The van der Waals surface area contributed by atoms with Gasteiger partial charge in [-0.2, -0.15) is 11.8 Å². The average Bonchev–Trinajstić information content (AvgIpc) is 2.49. The van der Waals surface area contributed by atoms with Gasteiger partial charge in [0.15, 0.2) is 0 Å². The van der Waals surface area contributed by atoms with Gasteiger partial charge in [0.1, 0.15) is 0 Å². The van der Waals surface area contributed by atoms with E-state index < -0.39 is 0 Å². The van der Waals surface area contributed by atoms with Crippen LogP contribution in [0.25, 0.3) is 0 Å². The lowest BCUT2D eigenvalue weighted by Crippen LogP contribution is -2.39. The first-order valence-electron chi connectivity index (χ1n) is 7.27. The molecule has 0 aliphatic heterocycles. The number of hydrogen-bond acceptors (Lipinski definition) is 3. The van der Waals surface area contributed by atoms with Crippen molar-refractivity contribution in [3.63, 3.8) is 0 Å². The quantitative estimate of drug-likeness (QED) is 0.712. The molecule has 116 valence electrons. The smallest absolute Gasteiger partial charge is 0.222 e. The largest absolute Gasteiger partial charge is 0.355 e. The fourth-order valence-corrected chi connectivity index (χ4v) is 2.81. The van der Waals surface area contributed by atoms with E-state index in [0.717, 1.165) is 18.1 Å². The predicted octanol–water partition coefficient (Wildman–Crippen LogP) is 2.29. The summed E-state index contributed by atoms with van der Waals surface area (Å²) in [6, 6.07) is 10.3. The minimum Gasteiger partial charge on any atom is -0.355 e. The summed E-state index contributed by atoms with van der Waals surface area (Å²) in [5, 5.41) is 2.73. The van der Waals surface area contributed by atoms with Crippen LogP contribution in [-0.4, -0.2) is 42.1 Å². The molecule has 4 nitrogen and oxygen atoms in total. The monoisotopic (exact) mass is 308 g/mol. The van der Waals surface area contributed by atoms with Crippen LogP contribution in [0.5, 0.6) is 0 Å². The molecule has 0 fully saturated rings. The number of nitrogens with one attached hydrogen (secondary N) is 1. The van der Waals surface area contributed by atoms with Crippen molar-refractivity contribution in [2.75, 3.05) is 25.4 Å². The molecule has 0 aliphatic rings. The van der Waals surface area contributed by atoms with E-state index in [4.69, 9.17) is 0 Å². The summed E-state index contributed by atoms with van der Waals surface area (Å²) in [5.41, 5.74) is 1.30. The fourth-order valence-electron chi connectivity index (χ4n) is 1.89. The summed E-state index contributed by atoms with van der Waals surface area (Å²) in [5.74, 6) is 1.94. The molecule has 0 aromatic heterocycles. The van der Waals surface area contributed by atoms with Gasteiger partial charge >= 0.3 is 0 Å². The molecule has 5 heteroatoms. The van der Waals surface area contributed by atoms with Crippen LogP contribution in [0, 0.1) is 0 Å². The van der Waals surface area contributed by atoms with Gasteiger partial charge in [0.25, 0.3) is 0 Å². The highest BCUT2D eigenvalue weighted by Gasteiger charge is 2.10. The van der Waals surface area contributed by atoms with Crippen LogP contribution in [0.2, 0.25) is 0 Å². The minimum absolute atomic E-state index is 0.0580. The van der Waals surface area contributed by atoms with E-state index >= 15 is 0 Å². The lowest BCUT2D eigenvalue weighted by molar-refractivity contribution is -0.131. The molecule has 0 saturated carbocycles. The van der Waals surface area contributed by atoms with Crippen LogP contribution in [0.1, 0.15) is 25.8 Å². The fraction of sp³-hybridized carbons (Fsp3) is 0.500. The third-order valence-corrected chi connectivity index (χ3v) is 4.04. The van der Waals surface area contributed by atoms with Gasteiger partial charge < -0.3 is 10.2 Å². The minimum atomic E-state index is -0.0580. The zero-order valence-corrected chi connectivity index (χ0v) is 13.6. The highest BCUT2D eigenvalue weighted by molar-refractivity contribution is 7.98. The van der Waals surface area contributed by atoms with E-state index in [1.54, 1.807) is 0 Å². The second-order valence-electron chi connectivity index (χ2n) is 4.76. The number of carbonyl (C=O) groups excluding carboxylic acids is 2. The van der Waals surface area contributed by atoms with E-state index in [0.29, 0.717) is 19.5 Å². The molecule has 1 N–H and O–H groups in total. The van der Waals surface area contributed by atoms with Crippen molar-refractivity contribution in [1.82, 2.24) is 10.2 Å². The second-order valence-corrected chi connectivity index (χ2v) is 5.86. The number of nitrogens with zero attached hydrogens (tertiary/aromatic N) is 1. The Morgan fingerprint density at radius 1 is 1.19 bits per heavy atom. The maximum absolute atomic E-state index is 11.9. The van der Waals surface area contributed by atoms with Crippen LogP contribution in [0.3, 0.4) is 0 Å². The third-order valence-electron chi connectivity index (χ3n) is 3.03. The molecule has 0 heterocycles. The molecular formula is C16H24N2O2S. The van der Waals surface area contributed by atoms with Crippen LogP contribution in [0.15, 0.2) is 30.3 Å². The normalized spacial score (nSPS) is 10.2. The van der Waals surface area contributed by atoms with Gasteiger partial charge in [0, 0.05) is 44.5 Å². The van der Waals surface area contributed by atoms with E-state index in [1.807, 2.05) is 41.8 Å². The first-order chi connectivity index (χ1) is 10.1. The number of benzene rings is 1. The number of hydrogen-bond donors (Lipinski definition) is 1. The molecule has 21 heavy (non-hydrogen) atoms. The van der Waals surface area contributed by atoms with Crippen LogP contribution in [-0.2, 0) is 15.3 Å². The summed E-state index contributed by atoms with van der Waals surface area (Å²) in [6.45, 7) is 5.18. The molecule has 1 aromatic carbocycles. The molecule has 1 aromatic rings. The Bertz CT molecular complexity index is 437. The lowest BCUT2D eigenvalue weighted by atomic mass is 10.2. The molecule has 0 bridgehead atoms. The summed E-state index contributed by atoms with van der Waals surface area (Å²) in [6.07, 6.45) is 0.503. The average molecular weight is 308 g/mol. The number of carbonyl (C=O) groups is 2. The van der Waals surface area contributed by atoms with Gasteiger partial charge in [-0.15, -0.1) is 0 Å². The Kier molecular flexibility index (Phi) is 8.59. The molecule has 0 saturated heterocycles. The molecule has 1 rings (SSSR count). The molecule has 0 atom stereocenters. The van der Waals surface area contributed by atoms with Crippen molar-refractivity contribution >= 4 is 23.6 Å². The Balaban J connectivity index is 2.28. The molecule has 2 amide bonds. The molecule has 0 aliphatic carbocycles. The van der Waals surface area contributed by atoms with Gasteiger partial charge in [-0.3, -0.25) is 9.59 Å². The maximum atomic E-state index is 11.9. The highest BCUT2D eigenvalue weighted by Crippen LogP contribution is 2.11. The van der Waals surface area contributed by atoms with Crippen molar-refractivity contribution in [2.24, 2.45) is 0 Å². The predicted molar refractivity (Wildman–Crippen MR) is 88.2 cm³/mol. The topological polar surface area (TPSA) is 49.4 Å². The molecule has 0 radical (unpaired) electrons. The highest BCUT2D eigenvalue weighted by atomic mass is 32.2. The van der Waals surface area contributed by atoms with Crippen molar-refractivity contribution in [1.29, 1.82) is 0 Å². The summed E-state index contributed by atoms with van der Waals surface area (Å²) in [7, 11) is 0. The standard InChI is InChI=1S/C16H24N2O2S/c1-3-16(20)18(10-9-17-14(2)19)11-12-21-13-15-7-5-4-6-8-15/h4-8H,3,9-13H2,1-2H3,(H,17,19). The first-order valence-corrected chi connectivity index (χ1v) is 8.42. The van der Waals surface area contributed by atoms with Crippen molar-refractivity contribution in [3.05, 3.63) is 35.9 Å². The summed E-state index contributed by atoms with van der Waals surface area (Å²) < 4.78 is 0. The second kappa shape index (κ2) is 10.3. The third kappa shape index (κ3) is 7.75. The zero-order chi connectivity index (χ0) is 15.5. The van der Waals surface area contributed by atoms with Gasteiger partial charge in [-0.05, 0) is 5.56 Å². The molecular weight excluding hydrogens is 284 g/mol. The lowest BCUT2D eigenvalue weighted by Gasteiger charge is -2.22. The van der Waals surface area contributed by atoms with Crippen molar-refractivity contribution < 1.29 is 9.59 Å². The Hall–Kier alpha value is -1.49. The SMILES string of the molecule is CCC(=O)N(CCNC(C)=O)CCSCc1ccccc1. The maximum Gasteiger partial charge on any atom is 0.222 e. The Labute approximate surface area is 131 Å². The van der Waals surface area contributed by atoms with E-state index in [1.165, 1.54) is 12.5 Å². The van der Waals surface area contributed by atoms with E-state index in [9.17, 15) is 9.59 Å². The summed E-state index contributed by atoms with van der Waals surface area (Å²) in [4.78, 5) is 24.5. The van der Waals surface area contributed by atoms with Gasteiger partial charge in [0.2, 0.25) is 11.8 Å². The van der Waals surface area contributed by atoms with Crippen LogP contribution < -0.4 is 5.32 Å². The first kappa shape index (κ1) is 17.6. The number of amides is 2. The van der Waals surface area contributed by atoms with Gasteiger partial charge in [-0.1, -0.05) is 37.3 Å². The van der Waals surface area contributed by atoms with E-state index in [2.05, 4.69) is 17.4 Å². The van der Waals surface area contributed by atoms with Crippen LogP contribution in [0.4, 0.5) is 0 Å². The van der Waals surface area contributed by atoms with Crippen LogP contribution >= 0.6 is 11.8 Å². The van der Waals surface area contributed by atoms with Crippen molar-refractivity contribution in [3.8, 4) is 0 Å². The summed E-state index contributed by atoms with van der Waals surface area (Å²) >= 11 is 1.82. The molecule has 0 spiro atoms. The van der Waals surface area contributed by atoms with Gasteiger partial charge in [-0.25, -0.2) is 0 Å². The Morgan fingerprint density at radius 2 is 1.90 bits per heavy atom. The zero-order valence-electron chi connectivity index (χ0n) is 12.8. The van der Waals surface area contributed by atoms with Gasteiger partial charge in [0.05, 0.1) is 0 Å².